The largest absolute Gasteiger partial charge is 0.391 e. The summed E-state index contributed by atoms with van der Waals surface area (Å²) < 4.78 is 0. The monoisotopic (exact) mass is 182 g/mol. The highest BCUT2D eigenvalue weighted by atomic mass is 16.3. The van der Waals surface area contributed by atoms with E-state index in [0.717, 1.165) is 0 Å². The number of carbonyl (C=O) groups is 1. The maximum absolute atomic E-state index is 11.3. The van der Waals surface area contributed by atoms with Crippen molar-refractivity contribution in [1.82, 2.24) is 15.2 Å². The first-order chi connectivity index (χ1) is 6.16. The fraction of sp³-hybridized carbons (Fsp3) is 0.571. The van der Waals surface area contributed by atoms with Gasteiger partial charge in [0.2, 0.25) is 5.91 Å². The molecule has 1 aromatic rings. The molecule has 0 aliphatic carbocycles. The fourth-order valence-electron chi connectivity index (χ4n) is 1.33. The lowest BCUT2D eigenvalue weighted by Gasteiger charge is -2.09. The number of hydrogen-bond donors (Lipinski definition) is 2. The van der Waals surface area contributed by atoms with Crippen molar-refractivity contribution in [1.29, 1.82) is 0 Å². The van der Waals surface area contributed by atoms with Crippen LogP contribution in [0.25, 0.3) is 0 Å². The number of rotatable bonds is 1. The number of nitrogens with one attached hydrogen (secondary N) is 1. The van der Waals surface area contributed by atoms with E-state index in [2.05, 4.69) is 15.2 Å². The van der Waals surface area contributed by atoms with E-state index in [1.165, 1.54) is 4.90 Å². The van der Waals surface area contributed by atoms with E-state index >= 15 is 0 Å². The normalized spacial score (nSPS) is 22.8. The van der Waals surface area contributed by atoms with Gasteiger partial charge in [-0.15, -0.1) is 5.10 Å². The van der Waals surface area contributed by atoms with Gasteiger partial charge in [-0.1, -0.05) is 0 Å². The quantitative estimate of drug-likeness (QED) is 0.596. The van der Waals surface area contributed by atoms with E-state index in [9.17, 15) is 9.90 Å². The molecule has 6 nitrogen and oxygen atoms in total. The van der Waals surface area contributed by atoms with Gasteiger partial charge in [-0.25, -0.2) is 0 Å². The van der Waals surface area contributed by atoms with Crippen LogP contribution in [-0.2, 0) is 4.79 Å². The van der Waals surface area contributed by atoms with Crippen molar-refractivity contribution in [3.8, 4) is 0 Å². The van der Waals surface area contributed by atoms with Gasteiger partial charge in [-0.3, -0.25) is 14.8 Å². The first kappa shape index (κ1) is 8.18. The molecule has 1 aliphatic rings. The number of H-pyrrole nitrogens is 1. The third-order valence-corrected chi connectivity index (χ3v) is 1.93. The Morgan fingerprint density at radius 3 is 2.92 bits per heavy atom. The molecule has 0 saturated carbocycles. The van der Waals surface area contributed by atoms with Crippen molar-refractivity contribution in [2.24, 2.45) is 0 Å². The van der Waals surface area contributed by atoms with Gasteiger partial charge in [0, 0.05) is 0 Å². The molecule has 2 rings (SSSR count). The molecule has 1 saturated heterocycles. The number of aliphatic hydroxyl groups is 1. The molecule has 6 heteroatoms. The molecule has 13 heavy (non-hydrogen) atoms. The lowest BCUT2D eigenvalue weighted by atomic mass is 10.3. The predicted octanol–water partition coefficient (Wildman–Crippen LogP) is -0.789. The standard InChI is InChI=1S/C7H10N4O2/c1-4-8-7(10-9-4)11-3-5(12)2-6(11)13/h5,12H,2-3H2,1H3,(H,8,9,10). The Morgan fingerprint density at radius 1 is 1.69 bits per heavy atom. The van der Waals surface area contributed by atoms with Gasteiger partial charge in [0.25, 0.3) is 5.95 Å². The summed E-state index contributed by atoms with van der Waals surface area (Å²) in [6.45, 7) is 2.05. The Kier molecular flexibility index (Phi) is 1.77. The second-order valence-corrected chi connectivity index (χ2v) is 3.08. The number of hydrogen-bond acceptors (Lipinski definition) is 4. The summed E-state index contributed by atoms with van der Waals surface area (Å²) in [6.07, 6.45) is -0.431. The molecule has 2 N–H and O–H groups in total. The van der Waals surface area contributed by atoms with Crippen molar-refractivity contribution < 1.29 is 9.90 Å². The zero-order valence-electron chi connectivity index (χ0n) is 7.19. The average Bonchev–Trinajstić information content (AvgIpc) is 2.58. The number of amides is 1. The first-order valence-electron chi connectivity index (χ1n) is 4.04. The number of β-amino-alcohol motifs (C(OH)–C–C–N with tert-alkyl or cyclic N) is 1. The minimum atomic E-state index is -0.591. The number of carbonyl (C=O) groups excluding carboxylic acids is 1. The van der Waals surface area contributed by atoms with Gasteiger partial charge in [0.05, 0.1) is 19.1 Å². The Morgan fingerprint density at radius 2 is 2.46 bits per heavy atom. The highest BCUT2D eigenvalue weighted by Crippen LogP contribution is 2.16. The number of aromatic nitrogens is 3. The first-order valence-corrected chi connectivity index (χ1v) is 4.04. The summed E-state index contributed by atoms with van der Waals surface area (Å²) in [5, 5.41) is 15.7. The van der Waals surface area contributed by atoms with Crippen LogP contribution in [0.3, 0.4) is 0 Å². The molecule has 1 aliphatic heterocycles. The molecule has 0 radical (unpaired) electrons. The lowest BCUT2D eigenvalue weighted by molar-refractivity contribution is -0.117. The number of aromatic amines is 1. The summed E-state index contributed by atoms with van der Waals surface area (Å²) >= 11 is 0. The molecule has 70 valence electrons. The van der Waals surface area contributed by atoms with Crippen LogP contribution in [0.2, 0.25) is 0 Å². The molecule has 0 spiro atoms. The topological polar surface area (TPSA) is 82.1 Å². The van der Waals surface area contributed by atoms with Crippen molar-refractivity contribution in [3.63, 3.8) is 0 Å². The summed E-state index contributed by atoms with van der Waals surface area (Å²) in [4.78, 5) is 16.7. The number of nitrogens with zero attached hydrogens (tertiary/aromatic N) is 3. The summed E-state index contributed by atoms with van der Waals surface area (Å²) in [7, 11) is 0. The predicted molar refractivity (Wildman–Crippen MR) is 44.1 cm³/mol. The van der Waals surface area contributed by atoms with Gasteiger partial charge >= 0.3 is 0 Å². The zero-order chi connectivity index (χ0) is 9.42. The van der Waals surface area contributed by atoms with Gasteiger partial charge in [-0.2, -0.15) is 4.98 Å². The van der Waals surface area contributed by atoms with Crippen molar-refractivity contribution in [2.75, 3.05) is 11.4 Å². The molecule has 2 heterocycles. The van der Waals surface area contributed by atoms with Crippen LogP contribution >= 0.6 is 0 Å². The molecule has 0 aromatic carbocycles. The van der Waals surface area contributed by atoms with E-state index in [1.807, 2.05) is 0 Å². The van der Waals surface area contributed by atoms with Crippen molar-refractivity contribution in [3.05, 3.63) is 5.82 Å². The van der Waals surface area contributed by atoms with E-state index in [1.54, 1.807) is 6.92 Å². The van der Waals surface area contributed by atoms with E-state index in [0.29, 0.717) is 11.8 Å². The van der Waals surface area contributed by atoms with Crippen LogP contribution in [0.15, 0.2) is 0 Å². The maximum atomic E-state index is 11.3. The molecule has 1 aromatic heterocycles. The van der Waals surface area contributed by atoms with Crippen LogP contribution in [0.5, 0.6) is 0 Å². The van der Waals surface area contributed by atoms with Crippen molar-refractivity contribution in [2.45, 2.75) is 19.4 Å². The van der Waals surface area contributed by atoms with Crippen molar-refractivity contribution >= 4 is 11.9 Å². The highest BCUT2D eigenvalue weighted by Gasteiger charge is 2.31. The van der Waals surface area contributed by atoms with Gasteiger partial charge < -0.3 is 5.11 Å². The van der Waals surface area contributed by atoms with Crippen LogP contribution in [0.4, 0.5) is 5.95 Å². The van der Waals surface area contributed by atoms with Gasteiger partial charge in [-0.05, 0) is 6.92 Å². The highest BCUT2D eigenvalue weighted by molar-refractivity contribution is 5.94. The minimum Gasteiger partial charge on any atom is -0.391 e. The lowest BCUT2D eigenvalue weighted by Crippen LogP contribution is -2.26. The third kappa shape index (κ3) is 1.40. The van der Waals surface area contributed by atoms with Crippen LogP contribution < -0.4 is 4.90 Å². The Bertz CT molecular complexity index is 335. The van der Waals surface area contributed by atoms with Crippen LogP contribution in [-0.4, -0.2) is 38.8 Å². The molecule has 0 bridgehead atoms. The van der Waals surface area contributed by atoms with E-state index < -0.39 is 6.10 Å². The van der Waals surface area contributed by atoms with Gasteiger partial charge in [0.15, 0.2) is 0 Å². The number of anilines is 1. The Balaban J connectivity index is 2.22. The second-order valence-electron chi connectivity index (χ2n) is 3.08. The third-order valence-electron chi connectivity index (χ3n) is 1.93. The van der Waals surface area contributed by atoms with Gasteiger partial charge in [0.1, 0.15) is 5.82 Å². The molecular weight excluding hydrogens is 172 g/mol. The maximum Gasteiger partial charge on any atom is 0.251 e. The molecule has 1 atom stereocenters. The summed E-state index contributed by atoms with van der Waals surface area (Å²) in [5.41, 5.74) is 0. The van der Waals surface area contributed by atoms with Crippen LogP contribution in [0, 0.1) is 6.92 Å². The van der Waals surface area contributed by atoms with E-state index in [4.69, 9.17) is 0 Å². The summed E-state index contributed by atoms with van der Waals surface area (Å²) in [6, 6.07) is 0. The Labute approximate surface area is 74.6 Å². The second kappa shape index (κ2) is 2.81. The SMILES string of the molecule is Cc1nc(N2CC(O)CC2=O)n[nH]1. The molecular formula is C7H10N4O2. The number of aliphatic hydroxyl groups excluding tert-OH is 1. The Hall–Kier alpha value is -1.43. The van der Waals surface area contributed by atoms with E-state index in [-0.39, 0.29) is 18.9 Å². The smallest absolute Gasteiger partial charge is 0.251 e. The zero-order valence-corrected chi connectivity index (χ0v) is 7.19. The molecule has 1 fully saturated rings. The minimum absolute atomic E-state index is 0.133. The number of aryl methyl sites for hydroxylation is 1. The summed E-state index contributed by atoms with van der Waals surface area (Å²) in [5.74, 6) is 0.870. The molecule has 1 unspecified atom stereocenters. The van der Waals surface area contributed by atoms with Crippen LogP contribution in [0.1, 0.15) is 12.2 Å². The average molecular weight is 182 g/mol. The fourth-order valence-corrected chi connectivity index (χ4v) is 1.33. The molecule has 1 amide bonds.